The van der Waals surface area contributed by atoms with E-state index in [1.807, 2.05) is 0 Å². The van der Waals surface area contributed by atoms with Crippen molar-refractivity contribution in [1.29, 1.82) is 0 Å². The van der Waals surface area contributed by atoms with Crippen LogP contribution in [0.5, 0.6) is 0 Å². The summed E-state index contributed by atoms with van der Waals surface area (Å²) in [4.78, 5) is 0. The first-order valence-electron chi connectivity index (χ1n) is 7.15. The fourth-order valence-electron chi connectivity index (χ4n) is 2.72. The van der Waals surface area contributed by atoms with E-state index in [-0.39, 0.29) is 0 Å². The number of fused-ring (bicyclic) bond motifs is 1. The second-order valence-electron chi connectivity index (χ2n) is 5.05. The number of nitrogens with zero attached hydrogens (tertiary/aromatic N) is 2. The number of nitrogens with one attached hydrogen (secondary N) is 1. The Bertz CT molecular complexity index is 543. The second-order valence-corrected chi connectivity index (χ2v) is 6.45. The molecule has 1 unspecified atom stereocenters. The molecule has 1 aromatic carbocycles. The molecule has 3 rings (SSSR count). The van der Waals surface area contributed by atoms with Crippen LogP contribution in [0.25, 0.3) is 10.9 Å². The van der Waals surface area contributed by atoms with E-state index < -0.39 is 0 Å². The maximum Gasteiger partial charge on any atom is 0.0841 e. The normalized spacial score (nSPS) is 19.3. The van der Waals surface area contributed by atoms with Gasteiger partial charge in [0, 0.05) is 30.3 Å². The quantitative estimate of drug-likeness (QED) is 0.909. The maximum atomic E-state index is 4.72. The molecule has 0 saturated carbocycles. The molecular weight excluding hydrogens is 254 g/mol. The van der Waals surface area contributed by atoms with Crippen molar-refractivity contribution in [2.24, 2.45) is 0 Å². The number of hydrogen-bond acceptors (Lipinski definition) is 3. The van der Waals surface area contributed by atoms with E-state index in [0.29, 0.717) is 0 Å². The smallest absolute Gasteiger partial charge is 0.0841 e. The van der Waals surface area contributed by atoms with Gasteiger partial charge in [-0.1, -0.05) is 18.2 Å². The standard InChI is InChI=1S/C15H21N3S/c1-2-18-15-8-4-3-7-13(15)14(17-18)11-16-10-12-6-5-9-19-12/h3-4,7-8,12,16H,2,5-6,9-11H2,1H3. The molecular formula is C15H21N3S. The molecule has 1 fully saturated rings. The molecule has 102 valence electrons. The average Bonchev–Trinajstić information content (AvgIpc) is 3.07. The van der Waals surface area contributed by atoms with E-state index in [2.05, 4.69) is 52.9 Å². The van der Waals surface area contributed by atoms with E-state index >= 15 is 0 Å². The summed E-state index contributed by atoms with van der Waals surface area (Å²) in [6, 6.07) is 8.51. The summed E-state index contributed by atoms with van der Waals surface area (Å²) >= 11 is 2.10. The molecule has 3 nitrogen and oxygen atoms in total. The lowest BCUT2D eigenvalue weighted by molar-refractivity contribution is 0.615. The van der Waals surface area contributed by atoms with Crippen LogP contribution >= 0.6 is 11.8 Å². The van der Waals surface area contributed by atoms with Crippen LogP contribution in [-0.4, -0.2) is 27.3 Å². The van der Waals surface area contributed by atoms with Gasteiger partial charge in [0.2, 0.25) is 0 Å². The molecule has 1 aliphatic rings. The van der Waals surface area contributed by atoms with Crippen molar-refractivity contribution in [3.05, 3.63) is 30.0 Å². The van der Waals surface area contributed by atoms with Crippen molar-refractivity contribution in [2.75, 3.05) is 12.3 Å². The highest BCUT2D eigenvalue weighted by molar-refractivity contribution is 8.00. The van der Waals surface area contributed by atoms with Crippen LogP contribution in [0.2, 0.25) is 0 Å². The highest BCUT2D eigenvalue weighted by atomic mass is 32.2. The van der Waals surface area contributed by atoms with Crippen molar-refractivity contribution in [3.63, 3.8) is 0 Å². The molecule has 4 heteroatoms. The van der Waals surface area contributed by atoms with Crippen LogP contribution in [0.15, 0.2) is 24.3 Å². The number of aromatic nitrogens is 2. The fourth-order valence-corrected chi connectivity index (χ4v) is 3.96. The third kappa shape index (κ3) is 2.79. The van der Waals surface area contributed by atoms with Gasteiger partial charge in [-0.2, -0.15) is 16.9 Å². The minimum Gasteiger partial charge on any atom is -0.310 e. The first-order valence-corrected chi connectivity index (χ1v) is 8.20. The van der Waals surface area contributed by atoms with Gasteiger partial charge >= 0.3 is 0 Å². The Morgan fingerprint density at radius 3 is 3.11 bits per heavy atom. The Kier molecular flexibility index (Phi) is 4.09. The zero-order chi connectivity index (χ0) is 13.1. The third-order valence-corrected chi connectivity index (χ3v) is 5.12. The number of para-hydroxylation sites is 1. The summed E-state index contributed by atoms with van der Waals surface area (Å²) in [5.74, 6) is 1.33. The summed E-state index contributed by atoms with van der Waals surface area (Å²) in [6.07, 6.45) is 2.74. The predicted molar refractivity (Wildman–Crippen MR) is 82.6 cm³/mol. The number of benzene rings is 1. The van der Waals surface area contributed by atoms with Crippen LogP contribution in [-0.2, 0) is 13.1 Å². The van der Waals surface area contributed by atoms with Gasteiger partial charge in [-0.15, -0.1) is 0 Å². The van der Waals surface area contributed by atoms with Gasteiger partial charge in [0.15, 0.2) is 0 Å². The van der Waals surface area contributed by atoms with Gasteiger partial charge in [0.1, 0.15) is 0 Å². The minimum atomic E-state index is 0.805. The Labute approximate surface area is 118 Å². The van der Waals surface area contributed by atoms with Crippen molar-refractivity contribution in [3.8, 4) is 0 Å². The van der Waals surface area contributed by atoms with Gasteiger partial charge in [-0.3, -0.25) is 4.68 Å². The number of hydrogen-bond donors (Lipinski definition) is 1. The molecule has 1 saturated heterocycles. The van der Waals surface area contributed by atoms with Gasteiger partial charge in [0.25, 0.3) is 0 Å². The van der Waals surface area contributed by atoms with Crippen molar-refractivity contribution >= 4 is 22.7 Å². The molecule has 19 heavy (non-hydrogen) atoms. The third-order valence-electron chi connectivity index (χ3n) is 3.72. The van der Waals surface area contributed by atoms with Gasteiger partial charge in [-0.05, 0) is 31.6 Å². The maximum absolute atomic E-state index is 4.72. The fraction of sp³-hybridized carbons (Fsp3) is 0.533. The molecule has 2 heterocycles. The topological polar surface area (TPSA) is 29.9 Å². The number of rotatable bonds is 5. The Morgan fingerprint density at radius 1 is 1.42 bits per heavy atom. The van der Waals surface area contributed by atoms with Gasteiger partial charge < -0.3 is 5.32 Å². The monoisotopic (exact) mass is 275 g/mol. The highest BCUT2D eigenvalue weighted by Gasteiger charge is 2.15. The van der Waals surface area contributed by atoms with E-state index in [4.69, 9.17) is 5.10 Å². The molecule has 2 aromatic rings. The Balaban J connectivity index is 1.69. The zero-order valence-corrected chi connectivity index (χ0v) is 12.2. The first-order chi connectivity index (χ1) is 9.38. The van der Waals surface area contributed by atoms with Crippen LogP contribution < -0.4 is 5.32 Å². The average molecular weight is 275 g/mol. The molecule has 0 aliphatic carbocycles. The van der Waals surface area contributed by atoms with E-state index in [1.54, 1.807) is 0 Å². The van der Waals surface area contributed by atoms with E-state index in [9.17, 15) is 0 Å². The van der Waals surface area contributed by atoms with Crippen molar-refractivity contribution < 1.29 is 0 Å². The number of thioether (sulfide) groups is 1. The van der Waals surface area contributed by atoms with E-state index in [0.717, 1.165) is 24.9 Å². The largest absolute Gasteiger partial charge is 0.310 e. The molecule has 0 amide bonds. The van der Waals surface area contributed by atoms with Crippen LogP contribution in [0.1, 0.15) is 25.5 Å². The molecule has 1 aromatic heterocycles. The van der Waals surface area contributed by atoms with Gasteiger partial charge in [0.05, 0.1) is 11.2 Å². The van der Waals surface area contributed by atoms with Gasteiger partial charge in [-0.25, -0.2) is 0 Å². The summed E-state index contributed by atoms with van der Waals surface area (Å²) < 4.78 is 2.09. The lowest BCUT2D eigenvalue weighted by Crippen LogP contribution is -2.23. The Hall–Kier alpha value is -1.00. The number of aryl methyl sites for hydroxylation is 1. The second kappa shape index (κ2) is 5.97. The molecule has 0 bridgehead atoms. The lowest BCUT2D eigenvalue weighted by Gasteiger charge is -2.08. The molecule has 0 spiro atoms. The predicted octanol–water partition coefficient (Wildman–Crippen LogP) is 3.04. The molecule has 1 atom stereocenters. The SMILES string of the molecule is CCn1nc(CNCC2CCCS2)c2ccccc21. The molecule has 0 radical (unpaired) electrons. The summed E-state index contributed by atoms with van der Waals surface area (Å²) in [5, 5.41) is 10.4. The van der Waals surface area contributed by atoms with Crippen molar-refractivity contribution in [2.45, 2.75) is 38.1 Å². The first kappa shape index (κ1) is 13.0. The summed E-state index contributed by atoms with van der Waals surface area (Å²) in [6.45, 7) is 5.06. The van der Waals surface area contributed by atoms with Crippen LogP contribution in [0.3, 0.4) is 0 Å². The highest BCUT2D eigenvalue weighted by Crippen LogP contribution is 2.25. The minimum absolute atomic E-state index is 0.805. The summed E-state index contributed by atoms with van der Waals surface area (Å²) in [7, 11) is 0. The molecule has 1 N–H and O–H groups in total. The molecule has 1 aliphatic heterocycles. The Morgan fingerprint density at radius 2 is 2.32 bits per heavy atom. The van der Waals surface area contributed by atoms with E-state index in [1.165, 1.54) is 35.2 Å². The van der Waals surface area contributed by atoms with Crippen molar-refractivity contribution in [1.82, 2.24) is 15.1 Å². The lowest BCUT2D eigenvalue weighted by atomic mass is 10.2. The zero-order valence-electron chi connectivity index (χ0n) is 11.4. The summed E-state index contributed by atoms with van der Waals surface area (Å²) in [5.41, 5.74) is 2.43. The van der Waals surface area contributed by atoms with Crippen LogP contribution in [0.4, 0.5) is 0 Å². The van der Waals surface area contributed by atoms with Crippen LogP contribution in [0, 0.1) is 0 Å².